The first kappa shape index (κ1) is 16.9. The van der Waals surface area contributed by atoms with Crippen molar-refractivity contribution in [1.29, 1.82) is 5.26 Å². The van der Waals surface area contributed by atoms with E-state index in [1.54, 1.807) is 30.3 Å². The molecule has 8 nitrogen and oxygen atoms in total. The van der Waals surface area contributed by atoms with E-state index in [0.717, 1.165) is 5.56 Å². The number of carbonyl (C=O) groups is 1. The number of benzene rings is 2. The molecule has 0 spiro atoms. The SMILES string of the molecule is Cc1ccc(NN=C(C#N)c2nnc(NC(=O)c3ccccc3)o2)cc1. The third kappa shape index (κ3) is 4.10. The van der Waals surface area contributed by atoms with Gasteiger partial charge in [0, 0.05) is 5.56 Å². The molecule has 3 rings (SSSR count). The summed E-state index contributed by atoms with van der Waals surface area (Å²) in [6.07, 6.45) is 0. The van der Waals surface area contributed by atoms with E-state index in [0.29, 0.717) is 11.3 Å². The molecule has 2 N–H and O–H groups in total. The second kappa shape index (κ2) is 7.72. The van der Waals surface area contributed by atoms with Crippen molar-refractivity contribution in [3.63, 3.8) is 0 Å². The fourth-order valence-corrected chi connectivity index (χ4v) is 2.00. The fraction of sp³-hybridized carbons (Fsp3) is 0.0556. The molecule has 3 aromatic rings. The molecule has 1 amide bonds. The molecule has 0 unspecified atom stereocenters. The second-order valence-electron chi connectivity index (χ2n) is 5.28. The molecule has 0 fully saturated rings. The maximum Gasteiger partial charge on any atom is 0.322 e. The normalized spacial score (nSPS) is 10.8. The Kier molecular flexibility index (Phi) is 5.00. The Balaban J connectivity index is 1.70. The highest BCUT2D eigenvalue weighted by molar-refractivity contribution is 6.09. The van der Waals surface area contributed by atoms with Crippen LogP contribution in [0.4, 0.5) is 11.7 Å². The van der Waals surface area contributed by atoms with E-state index < -0.39 is 5.91 Å². The van der Waals surface area contributed by atoms with Crippen molar-refractivity contribution in [2.75, 3.05) is 10.7 Å². The van der Waals surface area contributed by atoms with E-state index in [9.17, 15) is 10.1 Å². The number of hydrazone groups is 1. The topological polar surface area (TPSA) is 116 Å². The van der Waals surface area contributed by atoms with Gasteiger partial charge in [-0.15, -0.1) is 5.10 Å². The number of hydrogen-bond donors (Lipinski definition) is 2. The predicted molar refractivity (Wildman–Crippen MR) is 95.6 cm³/mol. The summed E-state index contributed by atoms with van der Waals surface area (Å²) in [6.45, 7) is 1.97. The van der Waals surface area contributed by atoms with Crippen LogP contribution in [0.25, 0.3) is 0 Å². The Morgan fingerprint density at radius 2 is 1.85 bits per heavy atom. The Bertz CT molecular complexity index is 971. The van der Waals surface area contributed by atoms with E-state index in [1.807, 2.05) is 37.3 Å². The minimum Gasteiger partial charge on any atom is -0.401 e. The van der Waals surface area contributed by atoms with E-state index in [-0.39, 0.29) is 17.6 Å². The van der Waals surface area contributed by atoms with Crippen molar-refractivity contribution in [3.05, 3.63) is 71.6 Å². The van der Waals surface area contributed by atoms with Crippen LogP contribution in [0.5, 0.6) is 0 Å². The maximum absolute atomic E-state index is 12.1. The number of anilines is 2. The van der Waals surface area contributed by atoms with Crippen molar-refractivity contribution < 1.29 is 9.21 Å². The van der Waals surface area contributed by atoms with E-state index in [1.165, 1.54) is 0 Å². The molecule has 1 heterocycles. The van der Waals surface area contributed by atoms with Crippen molar-refractivity contribution in [2.24, 2.45) is 5.10 Å². The summed E-state index contributed by atoms with van der Waals surface area (Å²) in [4.78, 5) is 12.1. The molecule has 128 valence electrons. The number of amides is 1. The summed E-state index contributed by atoms with van der Waals surface area (Å²) in [5.74, 6) is -0.496. The first-order chi connectivity index (χ1) is 12.7. The zero-order valence-electron chi connectivity index (χ0n) is 13.8. The molecule has 2 aromatic carbocycles. The minimum atomic E-state index is -0.394. The predicted octanol–water partition coefficient (Wildman–Crippen LogP) is 2.97. The van der Waals surface area contributed by atoms with Gasteiger partial charge >= 0.3 is 6.01 Å². The largest absolute Gasteiger partial charge is 0.401 e. The molecule has 0 saturated heterocycles. The van der Waals surface area contributed by atoms with Gasteiger partial charge in [0.1, 0.15) is 6.07 Å². The highest BCUT2D eigenvalue weighted by atomic mass is 16.4. The molecule has 8 heteroatoms. The van der Waals surface area contributed by atoms with Gasteiger partial charge in [-0.1, -0.05) is 41.0 Å². The minimum absolute atomic E-state index is 0.0988. The highest BCUT2D eigenvalue weighted by Crippen LogP contribution is 2.11. The lowest BCUT2D eigenvalue weighted by molar-refractivity contribution is 0.102. The van der Waals surface area contributed by atoms with Crippen LogP contribution < -0.4 is 10.7 Å². The van der Waals surface area contributed by atoms with E-state index >= 15 is 0 Å². The first-order valence-corrected chi connectivity index (χ1v) is 7.66. The number of aromatic nitrogens is 2. The summed E-state index contributed by atoms with van der Waals surface area (Å²) in [5, 5.41) is 23.1. The monoisotopic (exact) mass is 346 g/mol. The summed E-state index contributed by atoms with van der Waals surface area (Å²) in [5.41, 5.74) is 4.91. The Hall–Kier alpha value is -3.99. The Morgan fingerprint density at radius 1 is 1.12 bits per heavy atom. The van der Waals surface area contributed by atoms with Crippen LogP contribution >= 0.6 is 0 Å². The molecule has 0 aliphatic rings. The first-order valence-electron chi connectivity index (χ1n) is 7.66. The number of nitriles is 1. The van der Waals surface area contributed by atoms with Crippen molar-refractivity contribution in [1.82, 2.24) is 10.2 Å². The highest BCUT2D eigenvalue weighted by Gasteiger charge is 2.15. The maximum atomic E-state index is 12.1. The second-order valence-corrected chi connectivity index (χ2v) is 5.28. The molecule has 0 bridgehead atoms. The number of rotatable bonds is 5. The van der Waals surface area contributed by atoms with Crippen LogP contribution in [0.3, 0.4) is 0 Å². The number of nitrogens with zero attached hydrogens (tertiary/aromatic N) is 4. The lowest BCUT2D eigenvalue weighted by Crippen LogP contribution is -2.11. The summed E-state index contributed by atoms with van der Waals surface area (Å²) in [6, 6.07) is 17.8. The van der Waals surface area contributed by atoms with Crippen molar-refractivity contribution in [3.8, 4) is 6.07 Å². The molecular formula is C18H14N6O2. The van der Waals surface area contributed by atoms with Crippen LogP contribution in [-0.4, -0.2) is 21.8 Å². The molecule has 1 aromatic heterocycles. The van der Waals surface area contributed by atoms with Gasteiger partial charge in [0.2, 0.25) is 5.71 Å². The standard InChI is InChI=1S/C18H14N6O2/c1-12-7-9-14(10-8-12)21-22-15(11-19)17-23-24-18(26-17)20-16(25)13-5-3-2-4-6-13/h2-10,21H,1H3,(H,20,24,25). The van der Waals surface area contributed by atoms with Crippen LogP contribution in [-0.2, 0) is 0 Å². The molecule has 0 radical (unpaired) electrons. The molecule has 0 atom stereocenters. The van der Waals surface area contributed by atoms with Crippen LogP contribution in [0.15, 0.2) is 64.1 Å². The van der Waals surface area contributed by atoms with Gasteiger partial charge in [0.05, 0.1) is 5.69 Å². The Morgan fingerprint density at radius 3 is 2.54 bits per heavy atom. The van der Waals surface area contributed by atoms with Gasteiger partial charge < -0.3 is 4.42 Å². The van der Waals surface area contributed by atoms with Gasteiger partial charge in [-0.3, -0.25) is 15.5 Å². The van der Waals surface area contributed by atoms with Crippen LogP contribution in [0.1, 0.15) is 21.8 Å². The fourth-order valence-electron chi connectivity index (χ4n) is 2.00. The average molecular weight is 346 g/mol. The molecule has 0 aliphatic carbocycles. The summed E-state index contributed by atoms with van der Waals surface area (Å²) >= 11 is 0. The number of aryl methyl sites for hydroxylation is 1. The van der Waals surface area contributed by atoms with Gasteiger partial charge in [-0.05, 0) is 31.2 Å². The summed E-state index contributed by atoms with van der Waals surface area (Å²) < 4.78 is 5.29. The third-order valence-electron chi connectivity index (χ3n) is 3.34. The number of nitrogens with one attached hydrogen (secondary N) is 2. The lowest BCUT2D eigenvalue weighted by atomic mass is 10.2. The van der Waals surface area contributed by atoms with E-state index in [4.69, 9.17) is 4.42 Å². The zero-order chi connectivity index (χ0) is 18.4. The van der Waals surface area contributed by atoms with Gasteiger partial charge in [-0.25, -0.2) is 0 Å². The van der Waals surface area contributed by atoms with Gasteiger partial charge in [0.15, 0.2) is 0 Å². The van der Waals surface area contributed by atoms with E-state index in [2.05, 4.69) is 26.0 Å². The zero-order valence-corrected chi connectivity index (χ0v) is 13.8. The van der Waals surface area contributed by atoms with Gasteiger partial charge in [0.25, 0.3) is 11.8 Å². The number of hydrogen-bond acceptors (Lipinski definition) is 7. The number of carbonyl (C=O) groups excluding carboxylic acids is 1. The van der Waals surface area contributed by atoms with Crippen molar-refractivity contribution in [2.45, 2.75) is 6.92 Å². The van der Waals surface area contributed by atoms with Crippen LogP contribution in [0, 0.1) is 18.3 Å². The average Bonchev–Trinajstić information content (AvgIpc) is 3.12. The molecule has 0 aliphatic heterocycles. The molecule has 26 heavy (non-hydrogen) atoms. The van der Waals surface area contributed by atoms with Gasteiger partial charge in [-0.2, -0.15) is 10.4 Å². The summed E-state index contributed by atoms with van der Waals surface area (Å²) in [7, 11) is 0. The Labute approximate surface area is 149 Å². The molecular weight excluding hydrogens is 332 g/mol. The third-order valence-corrected chi connectivity index (χ3v) is 3.34. The quantitative estimate of drug-likeness (QED) is 0.542. The smallest absolute Gasteiger partial charge is 0.322 e. The lowest BCUT2D eigenvalue weighted by Gasteiger charge is -2.00. The molecule has 0 saturated carbocycles. The van der Waals surface area contributed by atoms with Crippen LogP contribution in [0.2, 0.25) is 0 Å². The van der Waals surface area contributed by atoms with Crippen molar-refractivity contribution >= 4 is 23.3 Å².